The van der Waals surface area contributed by atoms with Crippen LogP contribution < -0.4 is 15.4 Å². The number of rotatable bonds is 10. The third kappa shape index (κ3) is 5.73. The molecule has 2 N–H and O–H groups in total. The van der Waals surface area contributed by atoms with Crippen LogP contribution in [-0.4, -0.2) is 35.4 Å². The number of carbonyl (C=O) groups is 2. The second kappa shape index (κ2) is 11.4. The van der Waals surface area contributed by atoms with Gasteiger partial charge in [-0.3, -0.25) is 19.6 Å². The highest BCUT2D eigenvalue weighted by Gasteiger charge is 2.56. The summed E-state index contributed by atoms with van der Waals surface area (Å²) in [7, 11) is 1.66. The Bertz CT molecular complexity index is 1520. The molecule has 2 aromatic carbocycles. The summed E-state index contributed by atoms with van der Waals surface area (Å²) in [5, 5.41) is 7.25. The number of benzene rings is 2. The number of fused-ring (bicyclic) bond motifs is 1. The maximum Gasteiger partial charge on any atom is 0.240 e. The lowest BCUT2D eigenvalue weighted by Crippen LogP contribution is -2.40. The third-order valence-electron chi connectivity index (χ3n) is 7.31. The van der Waals surface area contributed by atoms with Gasteiger partial charge in [0.05, 0.1) is 35.2 Å². The van der Waals surface area contributed by atoms with Crippen molar-refractivity contribution in [2.75, 3.05) is 19.0 Å². The molecule has 2 amide bonds. The van der Waals surface area contributed by atoms with Crippen LogP contribution in [0.2, 0.25) is 5.02 Å². The third-order valence-corrected chi connectivity index (χ3v) is 7.64. The van der Waals surface area contributed by atoms with Gasteiger partial charge >= 0.3 is 0 Å². The zero-order valence-electron chi connectivity index (χ0n) is 22.1. The molecular weight excluding hydrogens is 512 g/mol. The number of aromatic nitrogens is 2. The molecule has 1 aliphatic carbocycles. The fourth-order valence-corrected chi connectivity index (χ4v) is 5.04. The van der Waals surface area contributed by atoms with Crippen molar-refractivity contribution in [1.82, 2.24) is 15.3 Å². The molecule has 0 unspecified atom stereocenters. The van der Waals surface area contributed by atoms with Gasteiger partial charge in [-0.2, -0.15) is 0 Å². The van der Waals surface area contributed by atoms with Crippen molar-refractivity contribution in [3.63, 3.8) is 0 Å². The highest BCUT2D eigenvalue weighted by atomic mass is 35.5. The Morgan fingerprint density at radius 3 is 2.51 bits per heavy atom. The summed E-state index contributed by atoms with van der Waals surface area (Å²) < 4.78 is 5.51. The number of hydrogen-bond donors (Lipinski definition) is 2. The summed E-state index contributed by atoms with van der Waals surface area (Å²) >= 11 is 6.61. The smallest absolute Gasteiger partial charge is 0.240 e. The van der Waals surface area contributed by atoms with E-state index in [0.717, 1.165) is 39.8 Å². The van der Waals surface area contributed by atoms with Crippen LogP contribution in [0.25, 0.3) is 10.9 Å². The molecule has 2 aromatic heterocycles. The average Bonchev–Trinajstić information content (AvgIpc) is 3.77. The van der Waals surface area contributed by atoms with E-state index in [2.05, 4.69) is 33.6 Å². The molecule has 200 valence electrons. The van der Waals surface area contributed by atoms with Crippen LogP contribution in [0.15, 0.2) is 67.0 Å². The first kappa shape index (κ1) is 26.6. The van der Waals surface area contributed by atoms with Gasteiger partial charge in [0, 0.05) is 30.6 Å². The number of ether oxygens (including phenoxy) is 1. The van der Waals surface area contributed by atoms with Crippen LogP contribution >= 0.6 is 11.6 Å². The molecular formula is C31H31ClN4O3. The Hall–Kier alpha value is -3.97. The van der Waals surface area contributed by atoms with Crippen LogP contribution in [-0.2, 0) is 28.9 Å². The quantitative estimate of drug-likeness (QED) is 0.257. The van der Waals surface area contributed by atoms with E-state index < -0.39 is 5.41 Å². The molecule has 1 saturated carbocycles. The SMILES string of the molecule is CCc1cc2c(Cc3ncc(NC(=O)C4(C(=O)NCCc5ccccc5)CC4)cc3Cl)ccnc2cc1OC. The van der Waals surface area contributed by atoms with E-state index in [9.17, 15) is 9.59 Å². The summed E-state index contributed by atoms with van der Waals surface area (Å²) in [6.45, 7) is 2.57. The number of nitrogens with zero attached hydrogens (tertiary/aromatic N) is 2. The molecule has 0 radical (unpaired) electrons. The Kier molecular flexibility index (Phi) is 7.79. The van der Waals surface area contributed by atoms with Crippen molar-refractivity contribution in [1.29, 1.82) is 0 Å². The van der Waals surface area contributed by atoms with Crippen LogP contribution in [0.3, 0.4) is 0 Å². The zero-order chi connectivity index (χ0) is 27.4. The van der Waals surface area contributed by atoms with Crippen molar-refractivity contribution in [2.24, 2.45) is 5.41 Å². The molecule has 0 bridgehead atoms. The predicted molar refractivity (Wildman–Crippen MR) is 153 cm³/mol. The molecule has 0 atom stereocenters. The zero-order valence-corrected chi connectivity index (χ0v) is 22.8. The lowest BCUT2D eigenvalue weighted by atomic mass is 10.0. The molecule has 0 spiro atoms. The molecule has 39 heavy (non-hydrogen) atoms. The fraction of sp³-hybridized carbons (Fsp3) is 0.290. The number of aryl methyl sites for hydroxylation is 1. The molecule has 7 nitrogen and oxygen atoms in total. The molecule has 0 saturated heterocycles. The maximum absolute atomic E-state index is 13.1. The number of anilines is 1. The Balaban J connectivity index is 1.25. The lowest BCUT2D eigenvalue weighted by Gasteiger charge is -2.16. The number of hydrogen-bond acceptors (Lipinski definition) is 5. The minimum absolute atomic E-state index is 0.237. The second-order valence-electron chi connectivity index (χ2n) is 9.86. The summed E-state index contributed by atoms with van der Waals surface area (Å²) in [6, 6.07) is 17.7. The molecule has 1 aliphatic rings. The maximum atomic E-state index is 13.1. The van der Waals surface area contributed by atoms with E-state index in [-0.39, 0.29) is 11.8 Å². The first-order valence-electron chi connectivity index (χ1n) is 13.2. The average molecular weight is 543 g/mol. The van der Waals surface area contributed by atoms with Gasteiger partial charge in [-0.25, -0.2) is 0 Å². The van der Waals surface area contributed by atoms with Gasteiger partial charge in [-0.1, -0.05) is 48.9 Å². The van der Waals surface area contributed by atoms with Crippen molar-refractivity contribution in [3.05, 3.63) is 94.4 Å². The lowest BCUT2D eigenvalue weighted by molar-refractivity contribution is -0.134. The van der Waals surface area contributed by atoms with Gasteiger partial charge in [0.15, 0.2) is 0 Å². The first-order valence-corrected chi connectivity index (χ1v) is 13.5. The highest BCUT2D eigenvalue weighted by Crippen LogP contribution is 2.47. The number of methoxy groups -OCH3 is 1. The summed E-state index contributed by atoms with van der Waals surface area (Å²) in [4.78, 5) is 34.9. The van der Waals surface area contributed by atoms with E-state index in [1.807, 2.05) is 42.5 Å². The Morgan fingerprint density at radius 2 is 1.82 bits per heavy atom. The second-order valence-corrected chi connectivity index (χ2v) is 10.3. The molecule has 0 aliphatic heterocycles. The first-order chi connectivity index (χ1) is 18.9. The van der Waals surface area contributed by atoms with Gasteiger partial charge in [0.2, 0.25) is 11.8 Å². The minimum atomic E-state index is -1.03. The number of carbonyl (C=O) groups excluding carboxylic acids is 2. The van der Waals surface area contributed by atoms with Crippen molar-refractivity contribution < 1.29 is 14.3 Å². The summed E-state index contributed by atoms with van der Waals surface area (Å²) in [5.74, 6) is 0.259. The minimum Gasteiger partial charge on any atom is -0.496 e. The van der Waals surface area contributed by atoms with E-state index in [1.165, 1.54) is 0 Å². The number of pyridine rings is 2. The molecule has 4 aromatic rings. The van der Waals surface area contributed by atoms with Crippen molar-refractivity contribution in [2.45, 2.75) is 39.0 Å². The summed E-state index contributed by atoms with van der Waals surface area (Å²) in [5.41, 5.74) is 4.26. The van der Waals surface area contributed by atoms with Gasteiger partial charge in [-0.05, 0) is 60.6 Å². The van der Waals surface area contributed by atoms with Crippen molar-refractivity contribution in [3.8, 4) is 5.75 Å². The molecule has 5 rings (SSSR count). The highest BCUT2D eigenvalue weighted by molar-refractivity contribution is 6.31. The van der Waals surface area contributed by atoms with Crippen molar-refractivity contribution >= 4 is 40.0 Å². The van der Waals surface area contributed by atoms with Gasteiger partial charge < -0.3 is 15.4 Å². The monoisotopic (exact) mass is 542 g/mol. The van der Waals surface area contributed by atoms with Gasteiger partial charge in [-0.15, -0.1) is 0 Å². The number of halogens is 1. The van der Waals surface area contributed by atoms with E-state index in [1.54, 1.807) is 25.6 Å². The molecule has 8 heteroatoms. The van der Waals surface area contributed by atoms with Crippen LogP contribution in [0.4, 0.5) is 5.69 Å². The molecule has 2 heterocycles. The topological polar surface area (TPSA) is 93.2 Å². The Labute approximate surface area is 233 Å². The predicted octanol–water partition coefficient (Wildman–Crippen LogP) is 5.52. The van der Waals surface area contributed by atoms with Gasteiger partial charge in [0.25, 0.3) is 0 Å². The summed E-state index contributed by atoms with van der Waals surface area (Å²) in [6.07, 6.45) is 6.47. The fourth-order valence-electron chi connectivity index (χ4n) is 4.81. The van der Waals surface area contributed by atoms with Crippen LogP contribution in [0.5, 0.6) is 5.75 Å². The largest absolute Gasteiger partial charge is 0.496 e. The normalized spacial score (nSPS) is 13.6. The van der Waals surface area contributed by atoms with Crippen LogP contribution in [0, 0.1) is 5.41 Å². The van der Waals surface area contributed by atoms with Gasteiger partial charge in [0.1, 0.15) is 11.2 Å². The number of nitrogens with one attached hydrogen (secondary N) is 2. The van der Waals surface area contributed by atoms with E-state index >= 15 is 0 Å². The molecule has 1 fully saturated rings. The number of amides is 2. The van der Waals surface area contributed by atoms with E-state index in [0.29, 0.717) is 48.6 Å². The van der Waals surface area contributed by atoms with E-state index in [4.69, 9.17) is 16.3 Å². The van der Waals surface area contributed by atoms with Crippen LogP contribution in [0.1, 0.15) is 42.1 Å². The standard InChI is InChI=1S/C31H31ClN4O3/c1-3-21-15-24-22(10-14-33-26(24)18-28(21)39-2)16-27-25(32)17-23(19-35-27)36-30(38)31(11-12-31)29(37)34-13-9-20-7-5-4-6-8-20/h4-8,10,14-15,17-19H,3,9,11-13,16H2,1-2H3,(H,34,37)(H,36,38). The Morgan fingerprint density at radius 1 is 1.03 bits per heavy atom.